The molecule has 0 radical (unpaired) electrons. The first kappa shape index (κ1) is 19.9. The largest absolute Gasteiger partial charge is 0.367 e. The topological polar surface area (TPSA) is 76.7 Å². The van der Waals surface area contributed by atoms with Gasteiger partial charge < -0.3 is 20.9 Å². The first-order chi connectivity index (χ1) is 15.1. The lowest BCUT2D eigenvalue weighted by molar-refractivity contribution is 0.0411. The Bertz CT molecular complexity index is 951. The summed E-state index contributed by atoms with van der Waals surface area (Å²) in [7, 11) is 0. The van der Waals surface area contributed by atoms with Crippen molar-refractivity contribution in [1.29, 1.82) is 0 Å². The fourth-order valence-electron chi connectivity index (χ4n) is 5.09. The van der Waals surface area contributed by atoms with Crippen LogP contribution in [-0.2, 0) is 0 Å². The van der Waals surface area contributed by atoms with Gasteiger partial charge in [0.05, 0.1) is 6.54 Å². The molecule has 2 fully saturated rings. The number of benzene rings is 1. The molecule has 0 saturated carbocycles. The third-order valence-corrected chi connectivity index (χ3v) is 6.88. The highest BCUT2D eigenvalue weighted by Crippen LogP contribution is 2.38. The molecule has 4 aliphatic rings. The smallest absolute Gasteiger partial charge is 0.326 e. The molecule has 162 valence electrons. The number of nitrogens with zero attached hydrogens (tertiary/aromatic N) is 2. The summed E-state index contributed by atoms with van der Waals surface area (Å²) in [5.74, 6) is 0.0926. The van der Waals surface area contributed by atoms with Crippen molar-refractivity contribution in [2.75, 3.05) is 38.0 Å². The molecule has 7 heteroatoms. The number of piperidine rings is 2. The molecule has 0 aliphatic carbocycles. The van der Waals surface area contributed by atoms with Crippen LogP contribution in [-0.4, -0.2) is 54.5 Å². The molecule has 0 bridgehead atoms. The minimum Gasteiger partial charge on any atom is -0.367 e. The molecular weight excluding hydrogens is 390 g/mol. The number of fused-ring (bicyclic) bond motifs is 1. The van der Waals surface area contributed by atoms with Crippen LogP contribution in [0, 0.1) is 5.41 Å². The minimum absolute atomic E-state index is 0.0926. The average molecular weight is 420 g/mol. The first-order valence-electron chi connectivity index (χ1n) is 11.1. The molecule has 0 atom stereocenters. The van der Waals surface area contributed by atoms with E-state index >= 15 is 0 Å². The van der Waals surface area contributed by atoms with Crippen molar-refractivity contribution in [3.8, 4) is 0 Å². The summed E-state index contributed by atoms with van der Waals surface area (Å²) in [6.07, 6.45) is 12.2. The second kappa shape index (κ2) is 8.23. The number of carbonyl (C=O) groups is 2. The van der Waals surface area contributed by atoms with Gasteiger partial charge in [0.15, 0.2) is 0 Å². The molecular formula is C24H29N5O2. The van der Waals surface area contributed by atoms with Crippen LogP contribution in [0.15, 0.2) is 60.1 Å². The summed E-state index contributed by atoms with van der Waals surface area (Å²) >= 11 is 0. The highest BCUT2D eigenvalue weighted by Gasteiger charge is 2.38. The molecule has 1 aromatic rings. The summed E-state index contributed by atoms with van der Waals surface area (Å²) in [6.45, 7) is 4.33. The molecule has 1 spiro atoms. The lowest BCUT2D eigenvalue weighted by atomic mass is 9.73. The van der Waals surface area contributed by atoms with Gasteiger partial charge in [-0.2, -0.15) is 0 Å². The summed E-state index contributed by atoms with van der Waals surface area (Å²) < 4.78 is 0. The Hall–Kier alpha value is -3.06. The number of rotatable bonds is 2. The van der Waals surface area contributed by atoms with Crippen molar-refractivity contribution in [3.05, 3.63) is 65.7 Å². The number of carbonyl (C=O) groups excluding carboxylic acids is 2. The Balaban J connectivity index is 1.21. The predicted molar refractivity (Wildman–Crippen MR) is 120 cm³/mol. The van der Waals surface area contributed by atoms with E-state index in [0.717, 1.165) is 56.6 Å². The average Bonchev–Trinajstić information content (AvgIpc) is 3.24. The third kappa shape index (κ3) is 4.10. The minimum atomic E-state index is -0.181. The van der Waals surface area contributed by atoms with Crippen molar-refractivity contribution in [3.63, 3.8) is 0 Å². The maximum atomic E-state index is 13.1. The zero-order chi connectivity index (χ0) is 21.3. The molecule has 4 heterocycles. The Kier molecular flexibility index (Phi) is 5.28. The van der Waals surface area contributed by atoms with E-state index in [1.165, 1.54) is 6.42 Å². The molecule has 3 amide bonds. The molecule has 0 aromatic heterocycles. The number of hydrogen-bond acceptors (Lipinski definition) is 4. The van der Waals surface area contributed by atoms with Gasteiger partial charge in [0.2, 0.25) is 0 Å². The van der Waals surface area contributed by atoms with Gasteiger partial charge in [-0.05, 0) is 85.7 Å². The van der Waals surface area contributed by atoms with Crippen molar-refractivity contribution in [1.82, 2.24) is 20.4 Å². The Labute approximate surface area is 182 Å². The van der Waals surface area contributed by atoms with Gasteiger partial charge in [-0.15, -0.1) is 0 Å². The van der Waals surface area contributed by atoms with Crippen molar-refractivity contribution in [2.45, 2.75) is 25.7 Å². The van der Waals surface area contributed by atoms with Crippen LogP contribution in [0.3, 0.4) is 0 Å². The number of dihydropyridines is 1. The fourth-order valence-corrected chi connectivity index (χ4v) is 5.09. The van der Waals surface area contributed by atoms with Gasteiger partial charge in [-0.3, -0.25) is 9.69 Å². The van der Waals surface area contributed by atoms with E-state index in [1.54, 1.807) is 4.90 Å². The molecule has 5 rings (SSSR count). The zero-order valence-corrected chi connectivity index (χ0v) is 17.7. The van der Waals surface area contributed by atoms with Crippen LogP contribution < -0.4 is 16.0 Å². The van der Waals surface area contributed by atoms with E-state index in [4.69, 9.17) is 0 Å². The SMILES string of the molecule is O=C(Nc1ccc(C(=O)N2CCCC3(CCNCC3)C2)cc1)N1C=C2C=CNC=C2C1. The van der Waals surface area contributed by atoms with Crippen LogP contribution in [0.1, 0.15) is 36.0 Å². The number of allylic oxidation sites excluding steroid dienone is 1. The van der Waals surface area contributed by atoms with Crippen molar-refractivity contribution >= 4 is 17.6 Å². The molecule has 0 unspecified atom stereocenters. The summed E-state index contributed by atoms with van der Waals surface area (Å²) in [4.78, 5) is 29.4. The highest BCUT2D eigenvalue weighted by molar-refractivity contribution is 5.96. The van der Waals surface area contributed by atoms with Gasteiger partial charge in [0, 0.05) is 42.9 Å². The van der Waals surface area contributed by atoms with Gasteiger partial charge in [-0.1, -0.05) is 0 Å². The van der Waals surface area contributed by atoms with E-state index in [-0.39, 0.29) is 17.4 Å². The number of nitrogens with one attached hydrogen (secondary N) is 3. The van der Waals surface area contributed by atoms with Crippen LogP contribution in [0.25, 0.3) is 0 Å². The van der Waals surface area contributed by atoms with E-state index in [0.29, 0.717) is 17.8 Å². The molecule has 7 nitrogen and oxygen atoms in total. The van der Waals surface area contributed by atoms with E-state index < -0.39 is 0 Å². The van der Waals surface area contributed by atoms with Gasteiger partial charge >= 0.3 is 6.03 Å². The van der Waals surface area contributed by atoms with Gasteiger partial charge in [-0.25, -0.2) is 4.79 Å². The lowest BCUT2D eigenvalue weighted by Gasteiger charge is -2.45. The monoisotopic (exact) mass is 419 g/mol. The molecule has 2 saturated heterocycles. The van der Waals surface area contributed by atoms with Gasteiger partial charge in [0.25, 0.3) is 5.91 Å². The van der Waals surface area contributed by atoms with E-state index in [2.05, 4.69) is 16.0 Å². The fraction of sp³-hybridized carbons (Fsp3) is 0.417. The van der Waals surface area contributed by atoms with Crippen molar-refractivity contribution < 1.29 is 9.59 Å². The van der Waals surface area contributed by atoms with Crippen molar-refractivity contribution in [2.24, 2.45) is 5.41 Å². The van der Waals surface area contributed by atoms with E-state index in [9.17, 15) is 9.59 Å². The Morgan fingerprint density at radius 1 is 1.06 bits per heavy atom. The van der Waals surface area contributed by atoms with Crippen LogP contribution in [0.5, 0.6) is 0 Å². The number of urea groups is 1. The van der Waals surface area contributed by atoms with Crippen LogP contribution in [0.4, 0.5) is 10.5 Å². The Morgan fingerprint density at radius 2 is 1.87 bits per heavy atom. The normalized spacial score (nSPS) is 21.8. The van der Waals surface area contributed by atoms with Crippen LogP contribution >= 0.6 is 0 Å². The summed E-state index contributed by atoms with van der Waals surface area (Å²) in [6, 6.07) is 7.08. The summed E-state index contributed by atoms with van der Waals surface area (Å²) in [5, 5.41) is 9.41. The predicted octanol–water partition coefficient (Wildman–Crippen LogP) is 3.02. The number of hydrogen-bond donors (Lipinski definition) is 3. The maximum absolute atomic E-state index is 13.1. The third-order valence-electron chi connectivity index (χ3n) is 6.88. The maximum Gasteiger partial charge on any atom is 0.326 e. The molecule has 3 N–H and O–H groups in total. The van der Waals surface area contributed by atoms with Crippen LogP contribution in [0.2, 0.25) is 0 Å². The molecule has 1 aromatic carbocycles. The molecule has 4 aliphatic heterocycles. The quantitative estimate of drug-likeness (QED) is 0.689. The summed E-state index contributed by atoms with van der Waals surface area (Å²) in [5.41, 5.74) is 3.79. The standard InChI is InChI=1S/C24H29N5O2/c30-22(28-13-1-7-24(17-28)8-11-25-12-9-24)18-2-4-21(5-3-18)27-23(31)29-15-19-6-10-26-14-20(19)16-29/h2-6,10,14-15,25-26H,1,7-9,11-13,16-17H2,(H,27,31). The Morgan fingerprint density at radius 3 is 2.65 bits per heavy atom. The highest BCUT2D eigenvalue weighted by atomic mass is 16.2. The van der Waals surface area contributed by atoms with Gasteiger partial charge in [0.1, 0.15) is 0 Å². The second-order valence-electron chi connectivity index (χ2n) is 8.97. The second-order valence-corrected chi connectivity index (χ2v) is 8.97. The lowest BCUT2D eigenvalue weighted by Crippen LogP contribution is -2.50. The number of likely N-dealkylation sites (tertiary alicyclic amines) is 1. The zero-order valence-electron chi connectivity index (χ0n) is 17.7. The number of amides is 3. The molecule has 31 heavy (non-hydrogen) atoms. The number of anilines is 1. The first-order valence-corrected chi connectivity index (χ1v) is 11.1. The van der Waals surface area contributed by atoms with E-state index in [1.807, 2.05) is 53.8 Å².